The molecule has 9 nitrogen and oxygen atoms in total. The highest BCUT2D eigenvalue weighted by Crippen LogP contribution is 2.29. The topological polar surface area (TPSA) is 131 Å². The van der Waals surface area contributed by atoms with Crippen molar-refractivity contribution < 1.29 is 18.1 Å². The highest BCUT2D eigenvalue weighted by Gasteiger charge is 2.26. The number of fused-ring (bicyclic) bond motifs is 1. The second-order valence-electron chi connectivity index (χ2n) is 6.72. The van der Waals surface area contributed by atoms with E-state index in [0.29, 0.717) is 22.5 Å². The Morgan fingerprint density at radius 2 is 1.61 bits per heavy atom. The molecule has 1 aliphatic rings. The van der Waals surface area contributed by atoms with Crippen LogP contribution in [0, 0.1) is 10.1 Å². The van der Waals surface area contributed by atoms with E-state index in [0.717, 1.165) is 6.07 Å². The molecule has 0 fully saturated rings. The van der Waals surface area contributed by atoms with Gasteiger partial charge in [0.05, 0.1) is 22.0 Å². The zero-order valence-electron chi connectivity index (χ0n) is 16.0. The van der Waals surface area contributed by atoms with Crippen LogP contribution in [-0.2, 0) is 10.0 Å². The smallest absolute Gasteiger partial charge is 0.294 e. The van der Waals surface area contributed by atoms with Gasteiger partial charge in [-0.05, 0) is 24.3 Å². The van der Waals surface area contributed by atoms with Crippen molar-refractivity contribution in [3.63, 3.8) is 0 Å². The number of sulfonamides is 1. The zero-order chi connectivity index (χ0) is 22.0. The summed E-state index contributed by atoms with van der Waals surface area (Å²) in [5, 5.41) is 15.7. The number of hydrogen-bond donors (Lipinski definition) is 2. The summed E-state index contributed by atoms with van der Waals surface area (Å²) in [6, 6.07) is 18.6. The highest BCUT2D eigenvalue weighted by atomic mass is 32.2. The summed E-state index contributed by atoms with van der Waals surface area (Å²) >= 11 is 0. The van der Waals surface area contributed by atoms with Crippen LogP contribution in [0.1, 0.15) is 22.3 Å². The normalized spacial score (nSPS) is 14.3. The fourth-order valence-corrected chi connectivity index (χ4v) is 4.27. The molecule has 0 aliphatic heterocycles. The summed E-state index contributed by atoms with van der Waals surface area (Å²) in [6.07, 6.45) is 0.0770. The van der Waals surface area contributed by atoms with E-state index in [4.69, 9.17) is 0 Å². The molecule has 0 radical (unpaired) electrons. The first kappa shape index (κ1) is 20.2. The van der Waals surface area contributed by atoms with Gasteiger partial charge < -0.3 is 0 Å². The molecule has 3 aromatic rings. The molecular weight excluding hydrogens is 420 g/mol. The van der Waals surface area contributed by atoms with Crippen molar-refractivity contribution >= 4 is 38.6 Å². The average molecular weight is 436 g/mol. The van der Waals surface area contributed by atoms with Crippen LogP contribution in [0.15, 0.2) is 82.8 Å². The number of rotatable bonds is 6. The predicted molar refractivity (Wildman–Crippen MR) is 116 cm³/mol. The fraction of sp³-hybridized carbons (Fsp3) is 0.0476. The quantitative estimate of drug-likeness (QED) is 0.446. The number of nitrogens with zero attached hydrogens (tertiary/aromatic N) is 2. The highest BCUT2D eigenvalue weighted by molar-refractivity contribution is 7.92. The van der Waals surface area contributed by atoms with Crippen molar-refractivity contribution in [2.45, 2.75) is 11.3 Å². The van der Waals surface area contributed by atoms with Crippen molar-refractivity contribution in [3.8, 4) is 0 Å². The molecule has 0 atom stereocenters. The number of ketones is 1. The van der Waals surface area contributed by atoms with Crippen molar-refractivity contribution in [2.24, 2.45) is 5.10 Å². The van der Waals surface area contributed by atoms with Gasteiger partial charge in [-0.3, -0.25) is 25.1 Å². The fourth-order valence-electron chi connectivity index (χ4n) is 3.19. The van der Waals surface area contributed by atoms with E-state index in [1.54, 1.807) is 54.6 Å². The number of hydrogen-bond acceptors (Lipinski definition) is 7. The summed E-state index contributed by atoms with van der Waals surface area (Å²) in [5.41, 5.74) is 4.15. The summed E-state index contributed by atoms with van der Waals surface area (Å²) in [7, 11) is -4.03. The van der Waals surface area contributed by atoms with Gasteiger partial charge in [0.25, 0.3) is 15.7 Å². The lowest BCUT2D eigenvalue weighted by Crippen LogP contribution is -2.13. The Morgan fingerprint density at radius 3 is 2.32 bits per heavy atom. The van der Waals surface area contributed by atoms with Gasteiger partial charge in [-0.25, -0.2) is 8.42 Å². The number of benzene rings is 3. The van der Waals surface area contributed by atoms with Gasteiger partial charge >= 0.3 is 0 Å². The first-order valence-electron chi connectivity index (χ1n) is 9.16. The molecule has 0 unspecified atom stereocenters. The number of nitro groups is 1. The molecule has 1 aliphatic carbocycles. The number of anilines is 2. The molecule has 0 aromatic heterocycles. The Hall–Kier alpha value is -4.05. The summed E-state index contributed by atoms with van der Waals surface area (Å²) in [5.74, 6) is -0.0842. The van der Waals surface area contributed by atoms with Crippen LogP contribution in [0.3, 0.4) is 0 Å². The minimum absolute atomic E-state index is 0.00740. The molecule has 0 spiro atoms. The summed E-state index contributed by atoms with van der Waals surface area (Å²) < 4.78 is 27.6. The first-order valence-corrected chi connectivity index (χ1v) is 10.6. The maximum absolute atomic E-state index is 12.6. The van der Waals surface area contributed by atoms with Crippen LogP contribution in [0.5, 0.6) is 0 Å². The van der Waals surface area contributed by atoms with Gasteiger partial charge in [0.2, 0.25) is 0 Å². The number of para-hydroxylation sites is 1. The summed E-state index contributed by atoms with van der Waals surface area (Å²) in [4.78, 5) is 22.7. The Labute approximate surface area is 177 Å². The van der Waals surface area contributed by atoms with E-state index in [1.807, 2.05) is 0 Å². The van der Waals surface area contributed by atoms with Crippen molar-refractivity contribution in [2.75, 3.05) is 10.1 Å². The van der Waals surface area contributed by atoms with Crippen molar-refractivity contribution in [1.82, 2.24) is 0 Å². The van der Waals surface area contributed by atoms with Gasteiger partial charge in [-0.15, -0.1) is 0 Å². The lowest BCUT2D eigenvalue weighted by Gasteiger charge is -2.09. The van der Waals surface area contributed by atoms with Crippen molar-refractivity contribution in [3.05, 3.63) is 94.0 Å². The van der Waals surface area contributed by atoms with E-state index in [9.17, 15) is 23.3 Å². The van der Waals surface area contributed by atoms with Crippen LogP contribution in [0.4, 0.5) is 17.1 Å². The molecule has 4 rings (SSSR count). The first-order chi connectivity index (χ1) is 14.8. The molecule has 2 N–H and O–H groups in total. The Balaban J connectivity index is 1.63. The molecule has 0 saturated heterocycles. The second kappa shape index (κ2) is 8.00. The second-order valence-corrected chi connectivity index (χ2v) is 8.41. The van der Waals surface area contributed by atoms with Crippen molar-refractivity contribution in [1.29, 1.82) is 0 Å². The van der Waals surface area contributed by atoms with E-state index in [-0.39, 0.29) is 22.8 Å². The Morgan fingerprint density at radius 1 is 0.935 bits per heavy atom. The van der Waals surface area contributed by atoms with Gasteiger partial charge in [-0.1, -0.05) is 42.5 Å². The molecule has 156 valence electrons. The average Bonchev–Trinajstić information content (AvgIpc) is 3.08. The van der Waals surface area contributed by atoms with Gasteiger partial charge in [-0.2, -0.15) is 5.10 Å². The van der Waals surface area contributed by atoms with Crippen LogP contribution < -0.4 is 10.1 Å². The summed E-state index contributed by atoms with van der Waals surface area (Å²) in [6.45, 7) is 0. The molecule has 3 aromatic carbocycles. The third-order valence-corrected chi connectivity index (χ3v) is 6.06. The minimum atomic E-state index is -4.03. The maximum atomic E-state index is 12.6. The van der Waals surface area contributed by atoms with E-state index >= 15 is 0 Å². The number of carbonyl (C=O) groups is 1. The largest absolute Gasteiger partial charge is 0.295 e. The standard InChI is InChI=1S/C21H16N4O5S/c26-21-13-19(16-8-4-5-9-17(16)21)23-22-18-11-10-15(12-20(18)25(27)28)31(29,30)24-14-6-2-1-3-7-14/h1-12,22,24H,13H2. The Kier molecular flexibility index (Phi) is 5.22. The maximum Gasteiger partial charge on any atom is 0.295 e. The molecule has 0 saturated carbocycles. The van der Waals surface area contributed by atoms with E-state index < -0.39 is 20.6 Å². The molecule has 31 heavy (non-hydrogen) atoms. The molecule has 0 heterocycles. The SMILES string of the molecule is O=C1CC(=NNc2ccc(S(=O)(=O)Nc3ccccc3)cc2[N+](=O)[O-])c2ccccc21. The van der Waals surface area contributed by atoms with Gasteiger partial charge in [0, 0.05) is 22.9 Å². The monoisotopic (exact) mass is 436 g/mol. The van der Waals surface area contributed by atoms with Crippen LogP contribution >= 0.6 is 0 Å². The number of nitro benzene ring substituents is 1. The number of Topliss-reactive ketones (excluding diaryl/α,β-unsaturated/α-hetero) is 1. The molecule has 0 amide bonds. The van der Waals surface area contributed by atoms with E-state index in [2.05, 4.69) is 15.2 Å². The lowest BCUT2D eigenvalue weighted by atomic mass is 10.1. The number of carbonyl (C=O) groups excluding carboxylic acids is 1. The lowest BCUT2D eigenvalue weighted by molar-refractivity contribution is -0.384. The van der Waals surface area contributed by atoms with Crippen LogP contribution in [-0.4, -0.2) is 24.8 Å². The van der Waals surface area contributed by atoms with Gasteiger partial charge in [0.15, 0.2) is 5.78 Å². The Bertz CT molecular complexity index is 1320. The van der Waals surface area contributed by atoms with Crippen LogP contribution in [0.2, 0.25) is 0 Å². The van der Waals surface area contributed by atoms with E-state index in [1.165, 1.54) is 12.1 Å². The molecule has 10 heteroatoms. The molecular formula is C21H16N4O5S. The number of nitrogens with one attached hydrogen (secondary N) is 2. The third kappa shape index (κ3) is 4.14. The predicted octanol–water partition coefficient (Wildman–Crippen LogP) is 3.80. The third-order valence-electron chi connectivity index (χ3n) is 4.68. The zero-order valence-corrected chi connectivity index (χ0v) is 16.8. The number of hydrazone groups is 1. The minimum Gasteiger partial charge on any atom is -0.294 e. The molecule has 0 bridgehead atoms. The van der Waals surface area contributed by atoms with Gasteiger partial charge in [0.1, 0.15) is 5.69 Å². The van der Waals surface area contributed by atoms with Crippen LogP contribution in [0.25, 0.3) is 0 Å².